The van der Waals surface area contributed by atoms with Crippen molar-refractivity contribution in [2.45, 2.75) is 13.5 Å². The lowest BCUT2D eigenvalue weighted by Crippen LogP contribution is -2.03. The Bertz CT molecular complexity index is 735. The zero-order valence-electron chi connectivity index (χ0n) is 12.0. The molecule has 0 aliphatic carbocycles. The minimum atomic E-state index is 0.673. The van der Waals surface area contributed by atoms with E-state index in [-0.39, 0.29) is 0 Å². The van der Waals surface area contributed by atoms with Crippen LogP contribution in [0.2, 0.25) is 0 Å². The number of para-hydroxylation sites is 2. The fraction of sp³-hybridized carbons (Fsp3) is 0.167. The molecule has 2 aromatic carbocycles. The Morgan fingerprint density at radius 3 is 2.76 bits per heavy atom. The van der Waals surface area contributed by atoms with Gasteiger partial charge in [0.15, 0.2) is 0 Å². The Hall–Kier alpha value is -2.55. The van der Waals surface area contributed by atoms with E-state index in [1.54, 1.807) is 0 Å². The maximum Gasteiger partial charge on any atom is 0.124 e. The van der Waals surface area contributed by atoms with Gasteiger partial charge in [0.2, 0.25) is 0 Å². The third-order valence-corrected chi connectivity index (χ3v) is 3.37. The van der Waals surface area contributed by atoms with Crippen molar-refractivity contribution in [2.75, 3.05) is 11.9 Å². The summed E-state index contributed by atoms with van der Waals surface area (Å²) in [4.78, 5) is 4.46. The highest BCUT2D eigenvalue weighted by molar-refractivity contribution is 5.90. The molecule has 0 radical (unpaired) electrons. The molecule has 0 atom stereocenters. The molecular weight excluding hydrogens is 260 g/mol. The van der Waals surface area contributed by atoms with Crippen LogP contribution in [-0.4, -0.2) is 11.6 Å². The molecule has 1 aromatic heterocycles. The van der Waals surface area contributed by atoms with Crippen molar-refractivity contribution in [1.29, 1.82) is 0 Å². The Kier molecular flexibility index (Phi) is 4.01. The predicted octanol–water partition coefficient (Wildman–Crippen LogP) is 4.25. The van der Waals surface area contributed by atoms with Gasteiger partial charge in [0.05, 0.1) is 17.8 Å². The molecule has 3 heteroatoms. The van der Waals surface area contributed by atoms with Crippen molar-refractivity contribution in [3.05, 3.63) is 66.4 Å². The molecule has 3 nitrogen and oxygen atoms in total. The van der Waals surface area contributed by atoms with Crippen LogP contribution in [0.25, 0.3) is 10.9 Å². The van der Waals surface area contributed by atoms with E-state index in [0.717, 1.165) is 27.9 Å². The van der Waals surface area contributed by atoms with Crippen LogP contribution in [0.1, 0.15) is 12.5 Å². The normalized spacial score (nSPS) is 10.5. The number of pyridine rings is 1. The third kappa shape index (κ3) is 2.97. The lowest BCUT2D eigenvalue weighted by molar-refractivity contribution is 0.337. The van der Waals surface area contributed by atoms with Crippen LogP contribution >= 0.6 is 0 Å². The van der Waals surface area contributed by atoms with Crippen LogP contribution in [0.3, 0.4) is 0 Å². The van der Waals surface area contributed by atoms with E-state index in [1.807, 2.05) is 43.5 Å². The molecule has 0 spiro atoms. The average Bonchev–Trinajstić information content (AvgIpc) is 2.54. The van der Waals surface area contributed by atoms with Crippen LogP contribution in [0.4, 0.5) is 5.69 Å². The summed E-state index contributed by atoms with van der Waals surface area (Å²) in [6.07, 6.45) is 1.82. The number of anilines is 1. The largest absolute Gasteiger partial charge is 0.494 e. The van der Waals surface area contributed by atoms with E-state index in [0.29, 0.717) is 13.2 Å². The minimum absolute atomic E-state index is 0.673. The number of fused-ring (bicyclic) bond motifs is 1. The molecule has 3 rings (SSSR count). The second-order valence-corrected chi connectivity index (χ2v) is 4.77. The first kappa shape index (κ1) is 13.4. The van der Waals surface area contributed by atoms with Gasteiger partial charge in [-0.25, -0.2) is 0 Å². The fourth-order valence-electron chi connectivity index (χ4n) is 2.38. The topological polar surface area (TPSA) is 34.1 Å². The van der Waals surface area contributed by atoms with Crippen LogP contribution < -0.4 is 10.1 Å². The van der Waals surface area contributed by atoms with Crippen molar-refractivity contribution >= 4 is 16.6 Å². The number of hydrogen-bond donors (Lipinski definition) is 1. The Morgan fingerprint density at radius 1 is 1.00 bits per heavy atom. The van der Waals surface area contributed by atoms with Gasteiger partial charge >= 0.3 is 0 Å². The highest BCUT2D eigenvalue weighted by Gasteiger charge is 2.04. The second-order valence-electron chi connectivity index (χ2n) is 4.77. The smallest absolute Gasteiger partial charge is 0.124 e. The van der Waals surface area contributed by atoms with E-state index < -0.39 is 0 Å². The third-order valence-electron chi connectivity index (χ3n) is 3.37. The van der Waals surface area contributed by atoms with Crippen LogP contribution in [0.15, 0.2) is 60.8 Å². The fourth-order valence-corrected chi connectivity index (χ4v) is 2.38. The summed E-state index contributed by atoms with van der Waals surface area (Å²) in [7, 11) is 0. The quantitative estimate of drug-likeness (QED) is 0.757. The molecule has 0 aliphatic rings. The van der Waals surface area contributed by atoms with Gasteiger partial charge in [-0.05, 0) is 25.1 Å². The minimum Gasteiger partial charge on any atom is -0.494 e. The molecule has 1 N–H and O–H groups in total. The number of benzene rings is 2. The Morgan fingerprint density at radius 2 is 1.86 bits per heavy atom. The first-order valence-electron chi connectivity index (χ1n) is 7.17. The summed E-state index contributed by atoms with van der Waals surface area (Å²) in [5.41, 5.74) is 3.18. The number of hydrogen-bond acceptors (Lipinski definition) is 3. The molecule has 0 unspecified atom stereocenters. The molecule has 0 aliphatic heterocycles. The highest BCUT2D eigenvalue weighted by Crippen LogP contribution is 2.23. The number of nitrogens with one attached hydrogen (secondary N) is 1. The van der Waals surface area contributed by atoms with Gasteiger partial charge in [0.25, 0.3) is 0 Å². The lowest BCUT2D eigenvalue weighted by atomic mass is 10.1. The molecule has 3 aromatic rings. The van der Waals surface area contributed by atoms with Crippen LogP contribution in [-0.2, 0) is 6.54 Å². The summed E-state index contributed by atoms with van der Waals surface area (Å²) in [6.45, 7) is 3.39. The molecule has 0 amide bonds. The van der Waals surface area contributed by atoms with Gasteiger partial charge in [-0.3, -0.25) is 4.98 Å². The number of aromatic nitrogens is 1. The van der Waals surface area contributed by atoms with Crippen molar-refractivity contribution in [3.63, 3.8) is 0 Å². The van der Waals surface area contributed by atoms with E-state index in [4.69, 9.17) is 4.74 Å². The van der Waals surface area contributed by atoms with Gasteiger partial charge in [0.1, 0.15) is 5.75 Å². The summed E-state index contributed by atoms with van der Waals surface area (Å²) >= 11 is 0. The summed E-state index contributed by atoms with van der Waals surface area (Å²) in [6, 6.07) is 18.3. The van der Waals surface area contributed by atoms with Crippen LogP contribution in [0, 0.1) is 0 Å². The average molecular weight is 278 g/mol. The first-order valence-corrected chi connectivity index (χ1v) is 7.17. The molecule has 0 bridgehead atoms. The van der Waals surface area contributed by atoms with Gasteiger partial charge in [-0.2, -0.15) is 0 Å². The van der Waals surface area contributed by atoms with Gasteiger partial charge in [-0.15, -0.1) is 0 Å². The maximum atomic E-state index is 5.66. The summed E-state index contributed by atoms with van der Waals surface area (Å²) in [5, 5.41) is 4.60. The molecule has 0 fully saturated rings. The number of ether oxygens (including phenoxy) is 1. The van der Waals surface area contributed by atoms with Crippen molar-refractivity contribution < 1.29 is 4.74 Å². The first-order chi connectivity index (χ1) is 10.4. The van der Waals surface area contributed by atoms with Gasteiger partial charge in [0, 0.05) is 23.7 Å². The standard InChI is InChI=1S/C18H18N2O/c1-2-21-17-11-4-3-7-15(17)13-20-16-10-5-8-14-9-6-12-19-18(14)16/h3-12,20H,2,13H2,1H3. The zero-order valence-corrected chi connectivity index (χ0v) is 12.0. The SMILES string of the molecule is CCOc1ccccc1CNc1cccc2cccnc12. The lowest BCUT2D eigenvalue weighted by Gasteiger charge is -2.12. The summed E-state index contributed by atoms with van der Waals surface area (Å²) in [5.74, 6) is 0.931. The molecule has 106 valence electrons. The van der Waals surface area contributed by atoms with E-state index in [2.05, 4.69) is 34.6 Å². The van der Waals surface area contributed by atoms with E-state index in [9.17, 15) is 0 Å². The summed E-state index contributed by atoms with van der Waals surface area (Å²) < 4.78 is 5.66. The molecule has 1 heterocycles. The maximum absolute atomic E-state index is 5.66. The van der Waals surface area contributed by atoms with Gasteiger partial charge < -0.3 is 10.1 Å². The predicted molar refractivity (Wildman–Crippen MR) is 86.7 cm³/mol. The Balaban J connectivity index is 1.84. The molecular formula is C18H18N2O. The van der Waals surface area contributed by atoms with Crippen LogP contribution in [0.5, 0.6) is 5.75 Å². The molecule has 0 saturated heterocycles. The Labute approximate surface area is 124 Å². The van der Waals surface area contributed by atoms with Crippen molar-refractivity contribution in [2.24, 2.45) is 0 Å². The van der Waals surface area contributed by atoms with E-state index in [1.165, 1.54) is 0 Å². The number of nitrogens with zero attached hydrogens (tertiary/aromatic N) is 1. The van der Waals surface area contributed by atoms with E-state index >= 15 is 0 Å². The monoisotopic (exact) mass is 278 g/mol. The highest BCUT2D eigenvalue weighted by atomic mass is 16.5. The van der Waals surface area contributed by atoms with Crippen molar-refractivity contribution in [1.82, 2.24) is 4.98 Å². The zero-order chi connectivity index (χ0) is 14.5. The number of rotatable bonds is 5. The molecule has 0 saturated carbocycles. The van der Waals surface area contributed by atoms with Gasteiger partial charge in [-0.1, -0.05) is 36.4 Å². The molecule has 21 heavy (non-hydrogen) atoms. The van der Waals surface area contributed by atoms with Crippen molar-refractivity contribution in [3.8, 4) is 5.75 Å². The second kappa shape index (κ2) is 6.27.